The maximum atomic E-state index is 8.88. The first kappa shape index (κ1) is 30.2. The van der Waals surface area contributed by atoms with Crippen LogP contribution in [0.2, 0.25) is 0 Å². The average molecular weight is 397 g/mol. The molecule has 147 valence electrons. The Morgan fingerprint density at radius 1 is 0.840 bits per heavy atom. The second-order valence-corrected chi connectivity index (χ2v) is 6.01. The van der Waals surface area contributed by atoms with Gasteiger partial charge < -0.3 is 19.6 Å². The van der Waals surface area contributed by atoms with Gasteiger partial charge in [-0.25, -0.2) is 9.45 Å². The largest absolute Gasteiger partial charge is 0.466 e. The van der Waals surface area contributed by atoms with Crippen LogP contribution in [0.25, 0.3) is 0 Å². The third-order valence-electron chi connectivity index (χ3n) is 2.79. The van der Waals surface area contributed by atoms with Crippen molar-refractivity contribution in [3.63, 3.8) is 0 Å². The van der Waals surface area contributed by atoms with Gasteiger partial charge in [0.1, 0.15) is 6.26 Å². The van der Waals surface area contributed by atoms with E-state index < -0.39 is 7.82 Å². The van der Waals surface area contributed by atoms with Gasteiger partial charge in [0.2, 0.25) is 0 Å². The van der Waals surface area contributed by atoms with Crippen molar-refractivity contribution in [1.29, 1.82) is 0 Å². The first-order valence-electron chi connectivity index (χ1n) is 8.09. The molecule has 11 heteroatoms. The molecule has 0 aliphatic rings. The summed E-state index contributed by atoms with van der Waals surface area (Å²) in [6.07, 6.45) is 13.9. The molecule has 0 fully saturated rings. The molecule has 0 saturated heterocycles. The Morgan fingerprint density at radius 3 is 1.72 bits per heavy atom. The summed E-state index contributed by atoms with van der Waals surface area (Å²) < 4.78 is 8.88. The van der Waals surface area contributed by atoms with Crippen LogP contribution in [0.5, 0.6) is 0 Å². The van der Waals surface area contributed by atoms with Crippen molar-refractivity contribution >= 4 is 37.4 Å². The van der Waals surface area contributed by atoms with Gasteiger partial charge in [-0.15, -0.1) is 0 Å². The molecular weight excluding hydrogens is 366 g/mol. The van der Waals surface area contributed by atoms with Crippen molar-refractivity contribution in [1.82, 2.24) is 0 Å². The molecule has 0 amide bonds. The Bertz CT molecular complexity index is 294. The van der Waals surface area contributed by atoms with Crippen LogP contribution in [-0.4, -0.2) is 50.8 Å². The van der Waals surface area contributed by atoms with Crippen molar-refractivity contribution in [2.75, 3.05) is 6.61 Å². The topological polar surface area (TPSA) is 124 Å². The fourth-order valence-electron chi connectivity index (χ4n) is 1.76. The van der Waals surface area contributed by atoms with E-state index in [1.807, 2.05) is 0 Å². The van der Waals surface area contributed by atoms with Crippen molar-refractivity contribution in [2.45, 2.75) is 71.1 Å². The molecule has 0 aliphatic carbocycles. The molecule has 0 aromatic carbocycles. The zero-order valence-electron chi connectivity index (χ0n) is 15.3. The second kappa shape index (κ2) is 24.5. The fraction of sp³-hybridized carbons (Fsp3) is 0.857. The van der Waals surface area contributed by atoms with Crippen LogP contribution in [0.15, 0.2) is 12.8 Å². The Kier molecular flexibility index (Phi) is 29.6. The van der Waals surface area contributed by atoms with Crippen LogP contribution in [0.3, 0.4) is 0 Å². The molecular formula is C14H31NaO9P. The van der Waals surface area contributed by atoms with E-state index in [2.05, 4.69) is 33.5 Å². The molecule has 0 aromatic rings. The van der Waals surface area contributed by atoms with E-state index in [0.717, 1.165) is 19.1 Å². The normalized spacial score (nSPS) is 10.4. The molecule has 9 nitrogen and oxygen atoms in total. The zero-order chi connectivity index (χ0) is 18.5. The quantitative estimate of drug-likeness (QED) is 0.0896. The maximum Gasteiger partial charge on any atom is 0.466 e. The van der Waals surface area contributed by atoms with Crippen molar-refractivity contribution in [3.05, 3.63) is 12.8 Å². The Morgan fingerprint density at radius 2 is 1.28 bits per heavy atom. The minimum atomic E-state index is -4.64. The van der Waals surface area contributed by atoms with E-state index in [0.29, 0.717) is 6.61 Å². The molecule has 3 N–H and O–H groups in total. The molecule has 25 heavy (non-hydrogen) atoms. The number of unbranched alkanes of at least 4 members (excludes halogenated alkanes) is 9. The molecule has 0 saturated carbocycles. The molecule has 0 heterocycles. The third kappa shape index (κ3) is 45.6. The summed E-state index contributed by atoms with van der Waals surface area (Å²) >= 11 is 0. The summed E-state index contributed by atoms with van der Waals surface area (Å²) in [6, 6.07) is 0. The molecule has 0 rings (SSSR count). The fourth-order valence-corrected chi connectivity index (χ4v) is 1.76. The van der Waals surface area contributed by atoms with E-state index in [9.17, 15) is 0 Å². The van der Waals surface area contributed by atoms with Crippen LogP contribution < -0.4 is 0 Å². The predicted molar refractivity (Wildman–Crippen MR) is 92.3 cm³/mol. The van der Waals surface area contributed by atoms with Crippen LogP contribution in [0.1, 0.15) is 71.1 Å². The van der Waals surface area contributed by atoms with Gasteiger partial charge in [0.25, 0.3) is 0 Å². The molecule has 0 bridgehead atoms. The number of phosphoric acid groups is 1. The van der Waals surface area contributed by atoms with Gasteiger partial charge in [0.15, 0.2) is 0 Å². The Hall–Kier alpha value is 0.490. The van der Waals surface area contributed by atoms with Crippen LogP contribution in [-0.2, 0) is 29.5 Å². The van der Waals surface area contributed by atoms with E-state index in [-0.39, 0.29) is 29.6 Å². The summed E-state index contributed by atoms with van der Waals surface area (Å²) in [7, 11) is -4.64. The van der Waals surface area contributed by atoms with Gasteiger partial charge in [-0.05, 0) is 11.5 Å². The van der Waals surface area contributed by atoms with Gasteiger partial charge >= 0.3 is 7.82 Å². The predicted octanol–water partition coefficient (Wildman–Crippen LogP) is 3.48. The van der Waals surface area contributed by atoms with Gasteiger partial charge in [-0.2, -0.15) is 0 Å². The van der Waals surface area contributed by atoms with Gasteiger partial charge in [0.05, 0.1) is 6.61 Å². The van der Waals surface area contributed by atoms with E-state index in [4.69, 9.17) is 24.1 Å². The summed E-state index contributed by atoms with van der Waals surface area (Å²) in [5.41, 5.74) is 0. The monoisotopic (exact) mass is 397 g/mol. The average Bonchev–Trinajstić information content (AvgIpc) is 2.49. The summed E-state index contributed by atoms with van der Waals surface area (Å²) in [4.78, 5) is 30.4. The van der Waals surface area contributed by atoms with Crippen molar-refractivity contribution in [3.8, 4) is 0 Å². The zero-order valence-corrected chi connectivity index (χ0v) is 18.2. The minimum Gasteiger partial charge on any atom is -0.315 e. The molecule has 0 spiro atoms. The first-order chi connectivity index (χ1) is 11.4. The van der Waals surface area contributed by atoms with Crippen LogP contribution in [0.4, 0.5) is 0 Å². The van der Waals surface area contributed by atoms with E-state index in [1.165, 1.54) is 51.4 Å². The Labute approximate surface area is 171 Å². The first-order valence-corrected chi connectivity index (χ1v) is 9.65. The standard InChI is InChI=1S/C14H28O5.Na.H3O4P/c1-3-5-6-7-8-9-10-11-12-13-14-16-18-19-17-15-4-2;;1-5(2,3)4/h4H,2-3,5-14H2,1H3;;(H3,1,2,3,4). The smallest absolute Gasteiger partial charge is 0.315 e. The number of hydrogen-bond donors (Lipinski definition) is 3. The summed E-state index contributed by atoms with van der Waals surface area (Å²) in [5.74, 6) is 0. The van der Waals surface area contributed by atoms with Crippen LogP contribution >= 0.6 is 7.82 Å². The minimum absolute atomic E-state index is 0. The Balaban J connectivity index is -0.000000704. The SMILES string of the molecule is C=COOOOOCCCCCCCCCCCC.O=P(O)(O)O.[Na]. The van der Waals surface area contributed by atoms with E-state index in [1.54, 1.807) is 0 Å². The summed E-state index contributed by atoms with van der Waals surface area (Å²) in [5, 5.41) is 12.3. The van der Waals surface area contributed by atoms with Crippen molar-refractivity contribution in [2.24, 2.45) is 0 Å². The van der Waals surface area contributed by atoms with Crippen LogP contribution in [0, 0.1) is 0 Å². The van der Waals surface area contributed by atoms with Gasteiger partial charge in [0, 0.05) is 39.6 Å². The molecule has 0 unspecified atom stereocenters. The third-order valence-corrected chi connectivity index (χ3v) is 2.79. The second-order valence-electron chi connectivity index (χ2n) is 4.98. The molecule has 0 atom stereocenters. The molecule has 0 aliphatic heterocycles. The van der Waals surface area contributed by atoms with E-state index >= 15 is 0 Å². The molecule has 1 radical (unpaired) electrons. The number of rotatable bonds is 16. The van der Waals surface area contributed by atoms with Crippen molar-refractivity contribution < 1.29 is 44.1 Å². The maximum absolute atomic E-state index is 8.88. The molecule has 0 aromatic heterocycles. The van der Waals surface area contributed by atoms with Gasteiger partial charge in [-0.1, -0.05) is 71.3 Å². The van der Waals surface area contributed by atoms with Gasteiger partial charge in [-0.3, -0.25) is 0 Å². The number of hydrogen-bond acceptors (Lipinski definition) is 6. The summed E-state index contributed by atoms with van der Waals surface area (Å²) in [6.45, 7) is 5.97.